The molecule has 20 heavy (non-hydrogen) atoms. The van der Waals surface area contributed by atoms with E-state index in [1.807, 2.05) is 18.3 Å². The predicted octanol–water partition coefficient (Wildman–Crippen LogP) is 2.04. The van der Waals surface area contributed by atoms with Gasteiger partial charge in [0, 0.05) is 24.8 Å². The van der Waals surface area contributed by atoms with Crippen LogP contribution in [0.1, 0.15) is 18.2 Å². The van der Waals surface area contributed by atoms with Gasteiger partial charge < -0.3 is 15.4 Å². The highest BCUT2D eigenvalue weighted by Gasteiger charge is 2.29. The van der Waals surface area contributed by atoms with Crippen LogP contribution < -0.4 is 10.6 Å². The lowest BCUT2D eigenvalue weighted by Gasteiger charge is -2.30. The van der Waals surface area contributed by atoms with E-state index in [4.69, 9.17) is 10.5 Å². The zero-order valence-electron chi connectivity index (χ0n) is 11.5. The molecule has 2 N–H and O–H groups in total. The van der Waals surface area contributed by atoms with Crippen molar-refractivity contribution in [1.82, 2.24) is 9.78 Å². The Morgan fingerprint density at radius 3 is 3.05 bits per heavy atom. The first-order chi connectivity index (χ1) is 9.75. The fraction of sp³-hybridized carbons (Fsp3) is 0.400. The summed E-state index contributed by atoms with van der Waals surface area (Å²) in [5.74, 6) is 0. The number of hydrogen-bond acceptors (Lipinski definition) is 4. The Bertz CT molecular complexity index is 658. The second kappa shape index (κ2) is 4.24. The molecule has 104 valence electrons. The van der Waals surface area contributed by atoms with Gasteiger partial charge >= 0.3 is 0 Å². The number of nitrogen functional groups attached to an aromatic ring is 1. The van der Waals surface area contributed by atoms with E-state index in [9.17, 15) is 0 Å². The second-order valence-corrected chi connectivity index (χ2v) is 5.57. The molecule has 0 aliphatic carbocycles. The number of ether oxygens (including phenoxy) is 1. The molecule has 0 radical (unpaired) electrons. The summed E-state index contributed by atoms with van der Waals surface area (Å²) < 4.78 is 7.64. The van der Waals surface area contributed by atoms with E-state index in [-0.39, 0.29) is 0 Å². The van der Waals surface area contributed by atoms with Crippen molar-refractivity contribution in [2.75, 3.05) is 30.9 Å². The zero-order chi connectivity index (χ0) is 13.7. The first-order valence-corrected chi connectivity index (χ1v) is 7.00. The highest BCUT2D eigenvalue weighted by atomic mass is 16.5. The van der Waals surface area contributed by atoms with Crippen molar-refractivity contribution in [3.63, 3.8) is 0 Å². The molecule has 0 bridgehead atoms. The van der Waals surface area contributed by atoms with Crippen LogP contribution in [-0.4, -0.2) is 30.0 Å². The molecule has 4 rings (SSSR count). The van der Waals surface area contributed by atoms with Crippen LogP contribution >= 0.6 is 0 Å². The molecule has 1 fully saturated rings. The van der Waals surface area contributed by atoms with Crippen molar-refractivity contribution < 1.29 is 4.74 Å². The van der Waals surface area contributed by atoms with Gasteiger partial charge in [-0.3, -0.25) is 4.68 Å². The lowest BCUT2D eigenvalue weighted by atomic mass is 9.98. The van der Waals surface area contributed by atoms with Gasteiger partial charge in [0.25, 0.3) is 0 Å². The topological polar surface area (TPSA) is 56.3 Å². The second-order valence-electron chi connectivity index (χ2n) is 5.57. The van der Waals surface area contributed by atoms with E-state index >= 15 is 0 Å². The summed E-state index contributed by atoms with van der Waals surface area (Å²) in [6.07, 6.45) is 3.01. The van der Waals surface area contributed by atoms with Gasteiger partial charge in [-0.05, 0) is 12.5 Å². The molecule has 1 aromatic carbocycles. The van der Waals surface area contributed by atoms with Gasteiger partial charge in [0.05, 0.1) is 42.5 Å². The van der Waals surface area contributed by atoms with Crippen LogP contribution in [0.15, 0.2) is 24.4 Å². The molecule has 1 atom stereocenters. The highest BCUT2D eigenvalue weighted by molar-refractivity contribution is 5.89. The van der Waals surface area contributed by atoms with Gasteiger partial charge in [-0.25, -0.2) is 0 Å². The maximum absolute atomic E-state index is 6.13. The fourth-order valence-electron chi connectivity index (χ4n) is 3.31. The van der Waals surface area contributed by atoms with Crippen LogP contribution in [-0.2, 0) is 11.3 Å². The number of rotatable bonds is 1. The van der Waals surface area contributed by atoms with Crippen LogP contribution in [0, 0.1) is 0 Å². The van der Waals surface area contributed by atoms with Crippen LogP contribution in [0.25, 0.3) is 11.1 Å². The van der Waals surface area contributed by atoms with E-state index in [0.29, 0.717) is 6.04 Å². The van der Waals surface area contributed by atoms with Crippen LogP contribution in [0.3, 0.4) is 0 Å². The van der Waals surface area contributed by atoms with Crippen molar-refractivity contribution in [2.45, 2.75) is 19.0 Å². The number of anilines is 2. The Balaban J connectivity index is 1.87. The molecule has 0 amide bonds. The molecule has 2 aromatic rings. The first-order valence-electron chi connectivity index (χ1n) is 7.00. The summed E-state index contributed by atoms with van der Waals surface area (Å²) >= 11 is 0. The summed E-state index contributed by atoms with van der Waals surface area (Å²) in [7, 11) is 2.08. The number of nitrogens with zero attached hydrogens (tertiary/aromatic N) is 3. The predicted molar refractivity (Wildman–Crippen MR) is 78.7 cm³/mol. The van der Waals surface area contributed by atoms with Crippen molar-refractivity contribution in [2.24, 2.45) is 0 Å². The quantitative estimate of drug-likeness (QED) is 0.806. The van der Waals surface area contributed by atoms with E-state index < -0.39 is 0 Å². The molecule has 3 heterocycles. The Hall–Kier alpha value is -2.01. The molecule has 1 aromatic heterocycles. The Labute approximate surface area is 117 Å². The van der Waals surface area contributed by atoms with E-state index in [1.54, 1.807) is 0 Å². The third-order valence-electron chi connectivity index (χ3n) is 4.28. The number of fused-ring (bicyclic) bond motifs is 3. The summed E-state index contributed by atoms with van der Waals surface area (Å²) in [6, 6.07) is 6.45. The normalized spacial score (nSPS) is 20.9. The van der Waals surface area contributed by atoms with E-state index in [0.717, 1.165) is 37.6 Å². The third kappa shape index (κ3) is 1.56. The van der Waals surface area contributed by atoms with Gasteiger partial charge in [-0.2, -0.15) is 5.10 Å². The van der Waals surface area contributed by atoms with Gasteiger partial charge in [-0.15, -0.1) is 0 Å². The van der Waals surface area contributed by atoms with Gasteiger partial charge in [0.1, 0.15) is 0 Å². The minimum Gasteiger partial charge on any atom is -0.397 e. The van der Waals surface area contributed by atoms with Crippen molar-refractivity contribution in [3.8, 4) is 11.1 Å². The molecule has 5 nitrogen and oxygen atoms in total. The van der Waals surface area contributed by atoms with E-state index in [2.05, 4.69) is 27.8 Å². The smallest absolute Gasteiger partial charge is 0.0778 e. The summed E-state index contributed by atoms with van der Waals surface area (Å²) in [5.41, 5.74) is 11.7. The lowest BCUT2D eigenvalue weighted by Crippen LogP contribution is -2.26. The summed E-state index contributed by atoms with van der Waals surface area (Å²) in [5, 5.41) is 4.61. The molecule has 2 aliphatic heterocycles. The number of hydrogen-bond donors (Lipinski definition) is 1. The van der Waals surface area contributed by atoms with E-state index in [1.165, 1.54) is 16.8 Å². The number of benzene rings is 1. The molecule has 5 heteroatoms. The lowest BCUT2D eigenvalue weighted by molar-refractivity contribution is 0.184. The number of nitrogens with two attached hydrogens (primary N) is 1. The monoisotopic (exact) mass is 270 g/mol. The molecule has 1 saturated heterocycles. The third-order valence-corrected chi connectivity index (χ3v) is 4.28. The molecule has 0 saturated carbocycles. The molecular formula is C15H18N4O. The standard InChI is InChI=1S/C15H18N4O/c1-18-8-14-12(11-3-2-4-13(16)15(11)18)7-17-19(14)10-5-6-20-9-10/h2-4,7,10H,5-6,8-9,16H2,1H3. The Morgan fingerprint density at radius 2 is 2.25 bits per heavy atom. The van der Waals surface area contributed by atoms with Crippen LogP contribution in [0.5, 0.6) is 0 Å². The minimum atomic E-state index is 0.370. The van der Waals surface area contributed by atoms with Crippen LogP contribution in [0.4, 0.5) is 11.4 Å². The summed E-state index contributed by atoms with van der Waals surface area (Å²) in [4.78, 5) is 2.21. The average Bonchev–Trinajstić information content (AvgIpc) is 3.06. The number of aromatic nitrogens is 2. The van der Waals surface area contributed by atoms with Crippen LogP contribution in [0.2, 0.25) is 0 Å². The van der Waals surface area contributed by atoms with Crippen molar-refractivity contribution >= 4 is 11.4 Å². The van der Waals surface area contributed by atoms with Crippen molar-refractivity contribution in [3.05, 3.63) is 30.1 Å². The number of para-hydroxylation sites is 1. The molecule has 1 unspecified atom stereocenters. The molecular weight excluding hydrogens is 252 g/mol. The minimum absolute atomic E-state index is 0.370. The maximum Gasteiger partial charge on any atom is 0.0778 e. The summed E-state index contributed by atoms with van der Waals surface area (Å²) in [6.45, 7) is 2.44. The first kappa shape index (κ1) is 11.8. The average molecular weight is 270 g/mol. The van der Waals surface area contributed by atoms with Crippen molar-refractivity contribution in [1.29, 1.82) is 0 Å². The Kier molecular flexibility index (Phi) is 2.50. The fourth-order valence-corrected chi connectivity index (χ4v) is 3.31. The molecule has 0 spiro atoms. The highest BCUT2D eigenvalue weighted by Crippen LogP contribution is 2.42. The molecule has 2 aliphatic rings. The Morgan fingerprint density at radius 1 is 1.35 bits per heavy atom. The van der Waals surface area contributed by atoms with Gasteiger partial charge in [-0.1, -0.05) is 12.1 Å². The zero-order valence-corrected chi connectivity index (χ0v) is 11.5. The SMILES string of the molecule is CN1Cc2c(cnn2C2CCOC2)-c2cccc(N)c21. The maximum atomic E-state index is 6.13. The van der Waals surface area contributed by atoms with Gasteiger partial charge in [0.15, 0.2) is 0 Å². The van der Waals surface area contributed by atoms with Gasteiger partial charge in [0.2, 0.25) is 0 Å². The largest absolute Gasteiger partial charge is 0.397 e.